The highest BCUT2D eigenvalue weighted by Crippen LogP contribution is 2.26. The van der Waals surface area contributed by atoms with Gasteiger partial charge in [-0.15, -0.1) is 0 Å². The Balaban J connectivity index is 1.67. The smallest absolute Gasteiger partial charge is 0.247 e. The molecular weight excluding hydrogens is 403 g/mol. The van der Waals surface area contributed by atoms with Crippen LogP contribution in [0.2, 0.25) is 0 Å². The van der Waals surface area contributed by atoms with E-state index < -0.39 is 5.82 Å². The number of nitrogens with zero attached hydrogens (tertiary/aromatic N) is 2. The third-order valence-electron chi connectivity index (χ3n) is 3.90. The highest BCUT2D eigenvalue weighted by molar-refractivity contribution is 5.98. The predicted octanol–water partition coefficient (Wildman–Crippen LogP) is 4.30. The van der Waals surface area contributed by atoms with Gasteiger partial charge in [0.2, 0.25) is 11.8 Å². The number of carbonyl (C=O) groups excluding carboxylic acids is 1. The van der Waals surface area contributed by atoms with Crippen molar-refractivity contribution in [3.8, 4) is 17.4 Å². The zero-order chi connectivity index (χ0) is 22.1. The van der Waals surface area contributed by atoms with Crippen molar-refractivity contribution in [3.63, 3.8) is 0 Å². The van der Waals surface area contributed by atoms with Gasteiger partial charge in [0.1, 0.15) is 24.5 Å². The Hall–Kier alpha value is -3.98. The third kappa shape index (κ3) is 6.51. The van der Waals surface area contributed by atoms with Crippen LogP contribution in [0.4, 0.5) is 21.6 Å². The maximum absolute atomic E-state index is 14.2. The van der Waals surface area contributed by atoms with Crippen molar-refractivity contribution >= 4 is 23.1 Å². The van der Waals surface area contributed by atoms with E-state index in [1.165, 1.54) is 24.5 Å². The molecule has 0 aliphatic heterocycles. The number of ether oxygens (including phenoxy) is 3. The molecule has 0 saturated heterocycles. The molecule has 0 aliphatic carbocycles. The van der Waals surface area contributed by atoms with Gasteiger partial charge in [0.05, 0.1) is 6.61 Å². The van der Waals surface area contributed by atoms with Crippen molar-refractivity contribution in [1.29, 1.82) is 0 Å². The Kier molecular flexibility index (Phi) is 7.50. The fourth-order valence-electron chi connectivity index (χ4n) is 2.49. The normalized spacial score (nSPS) is 10.3. The van der Waals surface area contributed by atoms with E-state index in [1.807, 2.05) is 0 Å². The molecule has 160 valence electrons. The minimum atomic E-state index is -0.509. The molecule has 1 amide bonds. The molecule has 2 aromatic carbocycles. The Morgan fingerprint density at radius 1 is 1.13 bits per heavy atom. The van der Waals surface area contributed by atoms with E-state index in [1.54, 1.807) is 43.5 Å². The maximum Gasteiger partial charge on any atom is 0.247 e. The quantitative estimate of drug-likeness (QED) is 0.370. The first-order valence-corrected chi connectivity index (χ1v) is 9.29. The van der Waals surface area contributed by atoms with Crippen LogP contribution in [0.25, 0.3) is 0 Å². The van der Waals surface area contributed by atoms with E-state index in [0.29, 0.717) is 29.5 Å². The SMILES string of the molecule is C=CC(=O)Nc1cccc(Oc2cc(Nc3ccc(OCCOC)c(F)c3)ncn2)c1. The monoisotopic (exact) mass is 424 g/mol. The largest absolute Gasteiger partial charge is 0.488 e. The van der Waals surface area contributed by atoms with Crippen LogP contribution < -0.4 is 20.1 Å². The molecule has 1 heterocycles. The third-order valence-corrected chi connectivity index (χ3v) is 3.90. The number of anilines is 3. The van der Waals surface area contributed by atoms with Gasteiger partial charge < -0.3 is 24.8 Å². The molecule has 0 radical (unpaired) electrons. The number of amides is 1. The average Bonchev–Trinajstić information content (AvgIpc) is 2.76. The zero-order valence-electron chi connectivity index (χ0n) is 16.8. The molecule has 3 aromatic rings. The first kappa shape index (κ1) is 21.7. The van der Waals surface area contributed by atoms with Crippen LogP contribution in [-0.2, 0) is 9.53 Å². The summed E-state index contributed by atoms with van der Waals surface area (Å²) in [5, 5.41) is 5.64. The summed E-state index contributed by atoms with van der Waals surface area (Å²) in [7, 11) is 1.55. The van der Waals surface area contributed by atoms with E-state index in [9.17, 15) is 9.18 Å². The van der Waals surface area contributed by atoms with Crippen molar-refractivity contribution in [2.45, 2.75) is 0 Å². The average molecular weight is 424 g/mol. The van der Waals surface area contributed by atoms with Gasteiger partial charge >= 0.3 is 0 Å². The number of rotatable bonds is 10. The topological polar surface area (TPSA) is 94.6 Å². The van der Waals surface area contributed by atoms with E-state index in [0.717, 1.165) is 0 Å². The van der Waals surface area contributed by atoms with Crippen molar-refractivity contribution in [1.82, 2.24) is 9.97 Å². The molecule has 0 saturated carbocycles. The van der Waals surface area contributed by atoms with Gasteiger partial charge in [0, 0.05) is 36.7 Å². The second-order valence-corrected chi connectivity index (χ2v) is 6.18. The van der Waals surface area contributed by atoms with E-state index in [4.69, 9.17) is 14.2 Å². The molecule has 0 bridgehead atoms. The summed E-state index contributed by atoms with van der Waals surface area (Å²) in [5.41, 5.74) is 1.04. The van der Waals surface area contributed by atoms with Crippen molar-refractivity contribution < 1.29 is 23.4 Å². The van der Waals surface area contributed by atoms with Crippen molar-refractivity contribution in [2.24, 2.45) is 0 Å². The van der Waals surface area contributed by atoms with Crippen LogP contribution in [0.5, 0.6) is 17.4 Å². The summed E-state index contributed by atoms with van der Waals surface area (Å²) in [6.45, 7) is 4.04. The van der Waals surface area contributed by atoms with Gasteiger partial charge in [-0.3, -0.25) is 4.79 Å². The molecule has 0 aliphatic rings. The number of methoxy groups -OCH3 is 1. The summed E-state index contributed by atoms with van der Waals surface area (Å²) in [6.07, 6.45) is 2.50. The lowest BCUT2D eigenvalue weighted by molar-refractivity contribution is -0.111. The van der Waals surface area contributed by atoms with E-state index >= 15 is 0 Å². The van der Waals surface area contributed by atoms with Crippen LogP contribution >= 0.6 is 0 Å². The number of benzene rings is 2. The molecule has 0 unspecified atom stereocenters. The van der Waals surface area contributed by atoms with Gasteiger partial charge in [-0.1, -0.05) is 12.6 Å². The van der Waals surface area contributed by atoms with E-state index in [-0.39, 0.29) is 24.1 Å². The van der Waals surface area contributed by atoms with Gasteiger partial charge in [0.25, 0.3) is 0 Å². The first-order chi connectivity index (χ1) is 15.1. The van der Waals surface area contributed by atoms with Gasteiger partial charge in [-0.05, 0) is 30.3 Å². The van der Waals surface area contributed by atoms with Gasteiger partial charge in [0.15, 0.2) is 11.6 Å². The lowest BCUT2D eigenvalue weighted by atomic mass is 10.3. The van der Waals surface area contributed by atoms with Gasteiger partial charge in [-0.2, -0.15) is 0 Å². The lowest BCUT2D eigenvalue weighted by Crippen LogP contribution is -2.07. The molecule has 31 heavy (non-hydrogen) atoms. The number of hydrogen-bond donors (Lipinski definition) is 2. The predicted molar refractivity (Wildman–Crippen MR) is 114 cm³/mol. The van der Waals surface area contributed by atoms with Gasteiger partial charge in [-0.25, -0.2) is 14.4 Å². The van der Waals surface area contributed by atoms with Crippen LogP contribution in [0.3, 0.4) is 0 Å². The molecule has 9 heteroatoms. The fraction of sp³-hybridized carbons (Fsp3) is 0.136. The molecule has 0 atom stereocenters. The molecular formula is C22H21FN4O4. The fourth-order valence-corrected chi connectivity index (χ4v) is 2.49. The Morgan fingerprint density at radius 3 is 2.77 bits per heavy atom. The number of nitrogens with one attached hydrogen (secondary N) is 2. The molecule has 3 rings (SSSR count). The highest BCUT2D eigenvalue weighted by Gasteiger charge is 2.08. The molecule has 2 N–H and O–H groups in total. The zero-order valence-corrected chi connectivity index (χ0v) is 16.8. The number of carbonyl (C=O) groups is 1. The summed E-state index contributed by atoms with van der Waals surface area (Å²) < 4.78 is 30.1. The summed E-state index contributed by atoms with van der Waals surface area (Å²) in [4.78, 5) is 19.6. The minimum absolute atomic E-state index is 0.137. The lowest BCUT2D eigenvalue weighted by Gasteiger charge is -2.11. The Labute approximate surface area is 178 Å². The van der Waals surface area contributed by atoms with Crippen LogP contribution in [0.15, 0.2) is 67.5 Å². The van der Waals surface area contributed by atoms with Crippen LogP contribution in [0, 0.1) is 5.82 Å². The number of halogens is 1. The molecule has 1 aromatic heterocycles. The van der Waals surface area contributed by atoms with Crippen LogP contribution in [0.1, 0.15) is 0 Å². The van der Waals surface area contributed by atoms with Crippen molar-refractivity contribution in [2.75, 3.05) is 31.0 Å². The van der Waals surface area contributed by atoms with Crippen LogP contribution in [-0.4, -0.2) is 36.2 Å². The number of hydrogen-bond acceptors (Lipinski definition) is 7. The molecule has 0 spiro atoms. The van der Waals surface area contributed by atoms with Crippen molar-refractivity contribution in [3.05, 3.63) is 73.3 Å². The van der Waals surface area contributed by atoms with E-state index in [2.05, 4.69) is 27.2 Å². The summed E-state index contributed by atoms with van der Waals surface area (Å²) in [6, 6.07) is 12.9. The highest BCUT2D eigenvalue weighted by atomic mass is 19.1. The first-order valence-electron chi connectivity index (χ1n) is 9.29. The molecule has 8 nitrogen and oxygen atoms in total. The Bertz CT molecular complexity index is 1060. The standard InChI is InChI=1S/C22H21FN4O4/c1-3-21(28)27-15-5-4-6-17(11-15)31-22-13-20(24-14-25-22)26-16-7-8-19(18(23)12-16)30-10-9-29-2/h3-8,11-14H,1,9-10H2,2H3,(H,27,28)(H,24,25,26). The second kappa shape index (κ2) is 10.7. The second-order valence-electron chi connectivity index (χ2n) is 6.18. The minimum Gasteiger partial charge on any atom is -0.488 e. The summed E-state index contributed by atoms with van der Waals surface area (Å²) >= 11 is 0. The maximum atomic E-state index is 14.2. The summed E-state index contributed by atoms with van der Waals surface area (Å²) in [5.74, 6) is 0.448. The molecule has 0 fully saturated rings. The number of aromatic nitrogens is 2. The Morgan fingerprint density at radius 2 is 2.00 bits per heavy atom.